The number of rotatable bonds is 4. The number of hydrogen-bond donors (Lipinski definition) is 1. The molecule has 0 aromatic heterocycles. The van der Waals surface area contributed by atoms with Crippen molar-refractivity contribution in [1.82, 2.24) is 0 Å². The van der Waals surface area contributed by atoms with Crippen molar-refractivity contribution in [1.29, 1.82) is 0 Å². The first-order valence-corrected chi connectivity index (χ1v) is 3.96. The van der Waals surface area contributed by atoms with Crippen LogP contribution in [0.4, 0.5) is 0 Å². The summed E-state index contributed by atoms with van der Waals surface area (Å²) in [4.78, 5) is 0. The van der Waals surface area contributed by atoms with E-state index in [4.69, 9.17) is 10.5 Å². The van der Waals surface area contributed by atoms with Crippen LogP contribution in [0.3, 0.4) is 0 Å². The van der Waals surface area contributed by atoms with E-state index < -0.39 is 0 Å². The van der Waals surface area contributed by atoms with Gasteiger partial charge < -0.3 is 10.5 Å². The van der Waals surface area contributed by atoms with Crippen LogP contribution in [0.1, 0.15) is 26.2 Å². The second-order valence-electron chi connectivity index (χ2n) is 3.39. The largest absolute Gasteiger partial charge is 0.385 e. The highest BCUT2D eigenvalue weighted by Gasteiger charge is 2.44. The Morgan fingerprint density at radius 1 is 1.60 bits per heavy atom. The maximum absolute atomic E-state index is 5.82. The lowest BCUT2D eigenvalue weighted by Crippen LogP contribution is -2.28. The van der Waals surface area contributed by atoms with Crippen LogP contribution in [0.15, 0.2) is 0 Å². The standard InChI is InChI=1S/C8H17NO/c1-7(9)8(3-4-8)5-6-10-2/h7H,3-6,9H2,1-2H3. The van der Waals surface area contributed by atoms with Crippen molar-refractivity contribution in [3.05, 3.63) is 0 Å². The average molecular weight is 143 g/mol. The van der Waals surface area contributed by atoms with E-state index >= 15 is 0 Å². The van der Waals surface area contributed by atoms with E-state index in [0.29, 0.717) is 11.5 Å². The van der Waals surface area contributed by atoms with Crippen LogP contribution >= 0.6 is 0 Å². The predicted molar refractivity (Wildman–Crippen MR) is 41.8 cm³/mol. The fourth-order valence-electron chi connectivity index (χ4n) is 1.40. The van der Waals surface area contributed by atoms with Gasteiger partial charge in [-0.1, -0.05) is 0 Å². The number of methoxy groups -OCH3 is 1. The molecule has 0 aromatic rings. The van der Waals surface area contributed by atoms with Gasteiger partial charge in [0.15, 0.2) is 0 Å². The highest BCUT2D eigenvalue weighted by molar-refractivity contribution is 4.98. The summed E-state index contributed by atoms with van der Waals surface area (Å²) in [6.07, 6.45) is 3.74. The Balaban J connectivity index is 2.24. The van der Waals surface area contributed by atoms with Gasteiger partial charge in [0.05, 0.1) is 0 Å². The molecular formula is C8H17NO. The van der Waals surface area contributed by atoms with E-state index in [1.807, 2.05) is 0 Å². The zero-order chi connectivity index (χ0) is 7.61. The Labute approximate surface area is 62.7 Å². The monoisotopic (exact) mass is 143 g/mol. The lowest BCUT2D eigenvalue weighted by atomic mass is 9.95. The SMILES string of the molecule is COCCC1(C(C)N)CC1. The maximum Gasteiger partial charge on any atom is 0.0468 e. The summed E-state index contributed by atoms with van der Waals surface area (Å²) in [6.45, 7) is 2.96. The second kappa shape index (κ2) is 2.89. The van der Waals surface area contributed by atoms with Gasteiger partial charge in [0.25, 0.3) is 0 Å². The average Bonchev–Trinajstić information content (AvgIpc) is 2.64. The van der Waals surface area contributed by atoms with Crippen molar-refractivity contribution in [3.8, 4) is 0 Å². The van der Waals surface area contributed by atoms with Gasteiger partial charge in [-0.3, -0.25) is 0 Å². The fourth-order valence-corrected chi connectivity index (χ4v) is 1.40. The lowest BCUT2D eigenvalue weighted by molar-refractivity contribution is 0.166. The van der Waals surface area contributed by atoms with Crippen molar-refractivity contribution >= 4 is 0 Å². The normalized spacial score (nSPS) is 24.3. The summed E-state index contributed by atoms with van der Waals surface area (Å²) in [5.41, 5.74) is 6.27. The summed E-state index contributed by atoms with van der Waals surface area (Å²) in [5, 5.41) is 0. The van der Waals surface area contributed by atoms with Gasteiger partial charge in [-0.15, -0.1) is 0 Å². The first kappa shape index (κ1) is 8.02. The lowest BCUT2D eigenvalue weighted by Gasteiger charge is -2.18. The van der Waals surface area contributed by atoms with Crippen molar-refractivity contribution in [2.75, 3.05) is 13.7 Å². The number of hydrogen-bond acceptors (Lipinski definition) is 2. The molecule has 0 aliphatic heterocycles. The van der Waals surface area contributed by atoms with Crippen LogP contribution in [0, 0.1) is 5.41 Å². The summed E-state index contributed by atoms with van der Waals surface area (Å²) in [6, 6.07) is 0.350. The van der Waals surface area contributed by atoms with E-state index in [-0.39, 0.29) is 0 Å². The highest BCUT2D eigenvalue weighted by Crippen LogP contribution is 2.50. The molecule has 0 saturated heterocycles. The minimum atomic E-state index is 0.350. The van der Waals surface area contributed by atoms with Crippen molar-refractivity contribution in [3.63, 3.8) is 0 Å². The molecule has 1 aliphatic carbocycles. The van der Waals surface area contributed by atoms with Crippen LogP contribution in [-0.4, -0.2) is 19.8 Å². The molecule has 0 radical (unpaired) electrons. The molecule has 1 fully saturated rings. The third-order valence-electron chi connectivity index (χ3n) is 2.66. The highest BCUT2D eigenvalue weighted by atomic mass is 16.5. The second-order valence-corrected chi connectivity index (χ2v) is 3.39. The van der Waals surface area contributed by atoms with E-state index in [1.54, 1.807) is 7.11 Å². The van der Waals surface area contributed by atoms with Crippen molar-refractivity contribution < 1.29 is 4.74 Å². The van der Waals surface area contributed by atoms with Gasteiger partial charge in [-0.2, -0.15) is 0 Å². The van der Waals surface area contributed by atoms with Gasteiger partial charge in [0.1, 0.15) is 0 Å². The molecular weight excluding hydrogens is 126 g/mol. The van der Waals surface area contributed by atoms with Gasteiger partial charge in [-0.25, -0.2) is 0 Å². The third-order valence-corrected chi connectivity index (χ3v) is 2.66. The first-order chi connectivity index (χ1) is 4.71. The zero-order valence-electron chi connectivity index (χ0n) is 6.89. The van der Waals surface area contributed by atoms with E-state index in [0.717, 1.165) is 13.0 Å². The molecule has 0 bridgehead atoms. The molecule has 1 aliphatic rings. The van der Waals surface area contributed by atoms with Crippen LogP contribution in [0.2, 0.25) is 0 Å². The molecule has 1 atom stereocenters. The number of nitrogens with two attached hydrogens (primary N) is 1. The van der Waals surface area contributed by atoms with Gasteiger partial charge in [0, 0.05) is 19.8 Å². The molecule has 0 amide bonds. The Morgan fingerprint density at radius 3 is 2.50 bits per heavy atom. The Morgan fingerprint density at radius 2 is 2.20 bits per heavy atom. The maximum atomic E-state index is 5.82. The first-order valence-electron chi connectivity index (χ1n) is 3.96. The summed E-state index contributed by atoms with van der Waals surface area (Å²) >= 11 is 0. The molecule has 1 saturated carbocycles. The Kier molecular flexibility index (Phi) is 2.32. The Bertz CT molecular complexity index is 108. The Hall–Kier alpha value is -0.0800. The minimum absolute atomic E-state index is 0.350. The van der Waals surface area contributed by atoms with Crippen LogP contribution in [-0.2, 0) is 4.74 Å². The van der Waals surface area contributed by atoms with Crippen molar-refractivity contribution in [2.24, 2.45) is 11.1 Å². The van der Waals surface area contributed by atoms with Crippen molar-refractivity contribution in [2.45, 2.75) is 32.2 Å². The molecule has 2 N–H and O–H groups in total. The van der Waals surface area contributed by atoms with E-state index in [1.165, 1.54) is 12.8 Å². The van der Waals surface area contributed by atoms with Crippen LogP contribution < -0.4 is 5.73 Å². The summed E-state index contributed by atoms with van der Waals surface area (Å²) in [7, 11) is 1.75. The molecule has 2 nitrogen and oxygen atoms in total. The number of ether oxygens (including phenoxy) is 1. The summed E-state index contributed by atoms with van der Waals surface area (Å²) in [5.74, 6) is 0. The van der Waals surface area contributed by atoms with Crippen LogP contribution in [0.25, 0.3) is 0 Å². The smallest absolute Gasteiger partial charge is 0.0468 e. The van der Waals surface area contributed by atoms with Crippen LogP contribution in [0.5, 0.6) is 0 Å². The third kappa shape index (κ3) is 1.50. The molecule has 2 heteroatoms. The van der Waals surface area contributed by atoms with E-state index in [9.17, 15) is 0 Å². The van der Waals surface area contributed by atoms with Gasteiger partial charge in [0.2, 0.25) is 0 Å². The topological polar surface area (TPSA) is 35.2 Å². The van der Waals surface area contributed by atoms with E-state index in [2.05, 4.69) is 6.92 Å². The molecule has 0 spiro atoms. The minimum Gasteiger partial charge on any atom is -0.385 e. The fraction of sp³-hybridized carbons (Fsp3) is 1.00. The molecule has 0 aromatic carbocycles. The van der Waals surface area contributed by atoms with Gasteiger partial charge >= 0.3 is 0 Å². The molecule has 1 rings (SSSR count). The van der Waals surface area contributed by atoms with Gasteiger partial charge in [-0.05, 0) is 31.6 Å². The zero-order valence-corrected chi connectivity index (χ0v) is 6.89. The predicted octanol–water partition coefficient (Wildman–Crippen LogP) is 1.15. The molecule has 0 heterocycles. The molecule has 60 valence electrons. The molecule has 1 unspecified atom stereocenters. The molecule has 10 heavy (non-hydrogen) atoms. The summed E-state index contributed by atoms with van der Waals surface area (Å²) < 4.78 is 5.01. The quantitative estimate of drug-likeness (QED) is 0.640.